The van der Waals surface area contributed by atoms with Gasteiger partial charge in [-0.25, -0.2) is 19.6 Å². The highest BCUT2D eigenvalue weighted by Gasteiger charge is 2.71. The molecule has 2 saturated carbocycles. The molecule has 2 unspecified atom stereocenters. The lowest BCUT2D eigenvalue weighted by Gasteiger charge is -2.61. The molecule has 8 aliphatic heterocycles. The van der Waals surface area contributed by atoms with Crippen LogP contribution in [-0.4, -0.2) is 59.9 Å². The quantitative estimate of drug-likeness (QED) is 0.121. The molecule has 2 aliphatic carbocycles. The number of hydrogen-bond donors (Lipinski definition) is 0. The van der Waals surface area contributed by atoms with Gasteiger partial charge < -0.3 is 23.8 Å². The Hall–Kier alpha value is -1.29. The summed E-state index contributed by atoms with van der Waals surface area (Å²) in [4.78, 5) is 30.6. The van der Waals surface area contributed by atoms with Crippen LogP contribution >= 0.6 is 0 Å². The topological polar surface area (TPSA) is 95.4 Å². The second-order valence-corrected chi connectivity index (χ2v) is 16.0. The smallest absolute Gasteiger partial charge is 0.201 e. The molecule has 10 fully saturated rings. The van der Waals surface area contributed by atoms with Crippen molar-refractivity contribution in [2.75, 3.05) is 6.61 Å². The average molecular weight is 630 g/mol. The highest BCUT2D eigenvalue weighted by Crippen LogP contribution is 2.63. The Balaban J connectivity index is 1.11. The van der Waals surface area contributed by atoms with E-state index in [9.17, 15) is 0 Å². The van der Waals surface area contributed by atoms with Crippen LogP contribution in [-0.2, 0) is 43.3 Å². The minimum absolute atomic E-state index is 0.0741. The fourth-order valence-electron chi connectivity index (χ4n) is 11.1. The van der Waals surface area contributed by atoms with Crippen molar-refractivity contribution in [2.24, 2.45) is 52.5 Å². The van der Waals surface area contributed by atoms with E-state index in [4.69, 9.17) is 54.9 Å². The van der Waals surface area contributed by atoms with E-state index in [-0.39, 0.29) is 48.4 Å². The summed E-state index contributed by atoms with van der Waals surface area (Å²) in [7, 11) is 0. The van der Waals surface area contributed by atoms with Crippen molar-refractivity contribution in [1.29, 1.82) is 0 Å². The van der Waals surface area contributed by atoms with Gasteiger partial charge in [0.1, 0.15) is 6.10 Å². The lowest BCUT2D eigenvalue weighted by Crippen LogP contribution is -2.71. The Morgan fingerprint density at radius 3 is 1.87 bits per heavy atom. The first-order valence-corrected chi connectivity index (χ1v) is 17.6. The predicted molar refractivity (Wildman–Crippen MR) is 160 cm³/mol. The monoisotopic (exact) mass is 629 g/mol. The van der Waals surface area contributed by atoms with Crippen LogP contribution in [0.5, 0.6) is 0 Å². The van der Waals surface area contributed by atoms with Gasteiger partial charge in [-0.3, -0.25) is 0 Å². The molecule has 4 bridgehead atoms. The summed E-state index contributed by atoms with van der Waals surface area (Å²) in [5.41, 5.74) is -0.479. The van der Waals surface area contributed by atoms with Gasteiger partial charge in [-0.05, 0) is 87.9 Å². The fraction of sp³-hybridized carbons (Fsp3) is 0.914. The molecule has 8 heterocycles. The van der Waals surface area contributed by atoms with Crippen molar-refractivity contribution in [3.05, 3.63) is 0 Å². The predicted octanol–water partition coefficient (Wildman–Crippen LogP) is 5.88. The standard InChI is InChI=1S/C35H51NO9/c1-8-17-37-36-27(29-22(5)26-12-10-20(3)24-14-16-33(7)41-31(39-29)35(24,26)45-43-33)18-28-21(4)25-11-9-19(2)23-13-15-32(6)40-30(38-28)34(23,25)44-42-32/h1,19-26,28-31H,9-18H2,2-7H3/b36-27-/t19-,20-,21-,22-,23+,24+,25+,26+,28-,29+,30-,31-,32?,33?,34-,35-/m1/s1. The van der Waals surface area contributed by atoms with Crippen molar-refractivity contribution in [1.82, 2.24) is 0 Å². The third-order valence-corrected chi connectivity index (χ3v) is 13.5. The Labute approximate surface area is 267 Å². The number of terminal acetylenes is 1. The first kappa shape index (κ1) is 31.0. The summed E-state index contributed by atoms with van der Waals surface area (Å²) >= 11 is 0. The van der Waals surface area contributed by atoms with E-state index in [1.54, 1.807) is 0 Å². The molecule has 10 rings (SSSR count). The van der Waals surface area contributed by atoms with Crippen LogP contribution in [0.25, 0.3) is 0 Å². The largest absolute Gasteiger partial charge is 0.383 e. The maximum atomic E-state index is 6.99. The van der Waals surface area contributed by atoms with Crippen molar-refractivity contribution < 1.29 is 43.3 Å². The van der Waals surface area contributed by atoms with Crippen LogP contribution in [0.1, 0.15) is 99.3 Å². The van der Waals surface area contributed by atoms with E-state index in [0.29, 0.717) is 24.2 Å². The van der Waals surface area contributed by atoms with E-state index in [2.05, 4.69) is 33.6 Å². The first-order valence-electron chi connectivity index (χ1n) is 17.6. The normalized spacial score (nSPS) is 56.8. The van der Waals surface area contributed by atoms with Gasteiger partial charge in [-0.15, -0.1) is 6.42 Å². The van der Waals surface area contributed by atoms with Gasteiger partial charge >= 0.3 is 0 Å². The van der Waals surface area contributed by atoms with E-state index in [1.807, 2.05) is 13.8 Å². The van der Waals surface area contributed by atoms with Crippen molar-refractivity contribution >= 4 is 5.71 Å². The highest BCUT2D eigenvalue weighted by atomic mass is 17.3. The van der Waals surface area contributed by atoms with Crippen LogP contribution in [0.4, 0.5) is 0 Å². The van der Waals surface area contributed by atoms with Gasteiger partial charge in [-0.2, -0.15) is 0 Å². The lowest BCUT2D eigenvalue weighted by atomic mass is 9.56. The molecule has 10 nitrogen and oxygen atoms in total. The van der Waals surface area contributed by atoms with Crippen molar-refractivity contribution in [2.45, 2.75) is 147 Å². The molecule has 250 valence electrons. The van der Waals surface area contributed by atoms with Crippen LogP contribution in [0.2, 0.25) is 0 Å². The fourth-order valence-corrected chi connectivity index (χ4v) is 11.1. The molecule has 0 aromatic carbocycles. The van der Waals surface area contributed by atoms with Gasteiger partial charge in [0.15, 0.2) is 30.4 Å². The van der Waals surface area contributed by atoms with Gasteiger partial charge in [-0.1, -0.05) is 38.8 Å². The third-order valence-electron chi connectivity index (χ3n) is 13.5. The van der Waals surface area contributed by atoms with Crippen molar-refractivity contribution in [3.8, 4) is 12.3 Å². The first-order chi connectivity index (χ1) is 21.5. The van der Waals surface area contributed by atoms with E-state index in [0.717, 1.165) is 57.1 Å². The van der Waals surface area contributed by atoms with E-state index in [1.165, 1.54) is 0 Å². The van der Waals surface area contributed by atoms with Gasteiger partial charge in [0.05, 0.1) is 11.8 Å². The van der Waals surface area contributed by atoms with Crippen LogP contribution < -0.4 is 0 Å². The molecular formula is C35H51NO9. The summed E-state index contributed by atoms with van der Waals surface area (Å²) in [5, 5.41) is 4.69. The van der Waals surface area contributed by atoms with Crippen LogP contribution in [0, 0.1) is 59.7 Å². The maximum Gasteiger partial charge on any atom is 0.201 e. The molecule has 2 spiro atoms. The SMILES string of the molecule is C#CCO/N=C(/C[C@H]1O[C@@H]2OC3(C)CC[C@H]4[C@H](C)CC[C@@H]([C@H]1C)[C@@]24OO3)[C@H]1O[C@@H]2OC3(C)CC[C@H]4[C@H](C)CC[C@@H]([C@H]1C)[C@@]24OO3. The zero-order chi connectivity index (χ0) is 31.4. The molecule has 0 aromatic rings. The van der Waals surface area contributed by atoms with Gasteiger partial charge in [0, 0.05) is 31.1 Å². The third kappa shape index (κ3) is 4.48. The molecule has 10 heteroatoms. The van der Waals surface area contributed by atoms with Crippen LogP contribution in [0.3, 0.4) is 0 Å². The Kier molecular flexibility index (Phi) is 7.48. The molecule has 0 radical (unpaired) electrons. The number of fused-ring (bicyclic) bond motifs is 4. The maximum absolute atomic E-state index is 6.99. The Morgan fingerprint density at radius 2 is 1.29 bits per heavy atom. The van der Waals surface area contributed by atoms with E-state index >= 15 is 0 Å². The summed E-state index contributed by atoms with van der Waals surface area (Å²) in [6.07, 6.45) is 12.3. The summed E-state index contributed by atoms with van der Waals surface area (Å²) < 4.78 is 27.3. The molecular weight excluding hydrogens is 578 g/mol. The molecule has 0 N–H and O–H groups in total. The van der Waals surface area contributed by atoms with E-state index < -0.39 is 35.4 Å². The minimum Gasteiger partial charge on any atom is -0.383 e. The Morgan fingerprint density at radius 1 is 0.733 bits per heavy atom. The molecule has 16 atom stereocenters. The average Bonchev–Trinajstić information content (AvgIpc) is 3.38. The van der Waals surface area contributed by atoms with Crippen LogP contribution in [0.15, 0.2) is 5.16 Å². The molecule has 8 saturated heterocycles. The number of rotatable bonds is 5. The molecule has 10 aliphatic rings. The summed E-state index contributed by atoms with van der Waals surface area (Å²) in [5.74, 6) is 3.10. The second-order valence-electron chi connectivity index (χ2n) is 16.0. The number of ether oxygens (including phenoxy) is 4. The number of nitrogens with zero attached hydrogens (tertiary/aromatic N) is 1. The Bertz CT molecular complexity index is 1240. The number of hydrogen-bond acceptors (Lipinski definition) is 10. The second kappa shape index (κ2) is 10.9. The summed E-state index contributed by atoms with van der Waals surface area (Å²) in [6.45, 7) is 13.2. The minimum atomic E-state index is -0.849. The van der Waals surface area contributed by atoms with Gasteiger partial charge in [0.2, 0.25) is 11.6 Å². The van der Waals surface area contributed by atoms with Crippen molar-refractivity contribution in [3.63, 3.8) is 0 Å². The molecule has 0 amide bonds. The molecule has 0 aromatic heterocycles. The zero-order valence-corrected chi connectivity index (χ0v) is 27.7. The number of oxime groups is 1. The molecule has 45 heavy (non-hydrogen) atoms. The zero-order valence-electron chi connectivity index (χ0n) is 27.7. The highest BCUT2D eigenvalue weighted by molar-refractivity contribution is 5.89. The lowest BCUT2D eigenvalue weighted by molar-refractivity contribution is -0.571. The van der Waals surface area contributed by atoms with Gasteiger partial charge in [0.25, 0.3) is 0 Å². The summed E-state index contributed by atoms with van der Waals surface area (Å²) in [6, 6.07) is 0.